The number of nitrogens with zero attached hydrogens (tertiary/aromatic N) is 1. The number of Topliss-reactive ketones (excluding diaryl/α,β-unsaturated/α-hetero) is 1. The van der Waals surface area contributed by atoms with Crippen LogP contribution in [0, 0.1) is 11.2 Å². The van der Waals surface area contributed by atoms with Crippen molar-refractivity contribution < 1.29 is 14.0 Å². The number of hydrogen-bond acceptors (Lipinski definition) is 3. The van der Waals surface area contributed by atoms with Gasteiger partial charge in [-0.15, -0.1) is 0 Å². The maximum atomic E-state index is 12.9. The molecule has 0 radical (unpaired) electrons. The van der Waals surface area contributed by atoms with Crippen molar-refractivity contribution in [3.63, 3.8) is 0 Å². The van der Waals surface area contributed by atoms with Gasteiger partial charge in [-0.1, -0.05) is 0 Å². The number of carbonyl (C=O) groups is 2. The van der Waals surface area contributed by atoms with Crippen molar-refractivity contribution in [1.29, 1.82) is 0 Å². The summed E-state index contributed by atoms with van der Waals surface area (Å²) in [5.41, 5.74) is 5.31. The van der Waals surface area contributed by atoms with Gasteiger partial charge in [-0.2, -0.15) is 0 Å². The number of hydrogen-bond donors (Lipinski definition) is 1. The van der Waals surface area contributed by atoms with Gasteiger partial charge in [0.1, 0.15) is 5.82 Å². The molecule has 108 valence electrons. The molecule has 5 heteroatoms. The fourth-order valence-corrected chi connectivity index (χ4v) is 2.55. The number of likely N-dealkylation sites (tertiary alicyclic amines) is 1. The summed E-state index contributed by atoms with van der Waals surface area (Å²) in [6.07, 6.45) is 0.656. The molecule has 0 saturated carbocycles. The van der Waals surface area contributed by atoms with Gasteiger partial charge < -0.3 is 5.73 Å². The number of primary amides is 1. The van der Waals surface area contributed by atoms with E-state index >= 15 is 0 Å². The zero-order chi connectivity index (χ0) is 14.9. The second-order valence-corrected chi connectivity index (χ2v) is 5.69. The van der Waals surface area contributed by atoms with Gasteiger partial charge in [0, 0.05) is 12.1 Å². The van der Waals surface area contributed by atoms with Crippen molar-refractivity contribution >= 4 is 11.7 Å². The minimum atomic E-state index is -0.572. The van der Waals surface area contributed by atoms with Crippen LogP contribution in [-0.4, -0.2) is 35.7 Å². The highest BCUT2D eigenvalue weighted by atomic mass is 19.1. The maximum Gasteiger partial charge on any atom is 0.224 e. The Bertz CT molecular complexity index is 529. The summed E-state index contributed by atoms with van der Waals surface area (Å²) in [5.74, 6) is -0.767. The zero-order valence-electron chi connectivity index (χ0n) is 11.7. The first-order chi connectivity index (χ1) is 9.33. The van der Waals surface area contributed by atoms with Crippen LogP contribution in [0.1, 0.15) is 30.6 Å². The van der Waals surface area contributed by atoms with E-state index in [1.807, 2.05) is 11.8 Å². The third-order valence-electron chi connectivity index (χ3n) is 4.15. The summed E-state index contributed by atoms with van der Waals surface area (Å²) in [7, 11) is 0. The Morgan fingerprint density at radius 3 is 2.45 bits per heavy atom. The molecule has 0 bridgehead atoms. The summed E-state index contributed by atoms with van der Waals surface area (Å²) >= 11 is 0. The normalized spacial score (nSPS) is 24.6. The van der Waals surface area contributed by atoms with Crippen LogP contribution in [0.3, 0.4) is 0 Å². The Morgan fingerprint density at radius 1 is 1.35 bits per heavy atom. The molecule has 1 saturated heterocycles. The van der Waals surface area contributed by atoms with Gasteiger partial charge in [-0.05, 0) is 51.1 Å². The van der Waals surface area contributed by atoms with Crippen LogP contribution in [0.15, 0.2) is 24.3 Å². The third kappa shape index (κ3) is 2.72. The highest BCUT2D eigenvalue weighted by molar-refractivity contribution is 5.99. The van der Waals surface area contributed by atoms with Crippen LogP contribution in [-0.2, 0) is 4.79 Å². The van der Waals surface area contributed by atoms with E-state index < -0.39 is 5.41 Å². The predicted octanol–water partition coefficient (Wildman–Crippen LogP) is 1.59. The average molecular weight is 278 g/mol. The highest BCUT2D eigenvalue weighted by Crippen LogP contribution is 2.31. The van der Waals surface area contributed by atoms with Gasteiger partial charge in [-0.25, -0.2) is 4.39 Å². The minimum Gasteiger partial charge on any atom is -0.369 e. The van der Waals surface area contributed by atoms with Crippen LogP contribution in [0.2, 0.25) is 0 Å². The topological polar surface area (TPSA) is 63.4 Å². The van der Waals surface area contributed by atoms with Gasteiger partial charge in [0.2, 0.25) is 5.91 Å². The molecule has 2 rings (SSSR count). The maximum absolute atomic E-state index is 12.9. The Hall–Kier alpha value is -1.75. The van der Waals surface area contributed by atoms with Gasteiger partial charge in [-0.3, -0.25) is 14.5 Å². The number of carbonyl (C=O) groups excluding carboxylic acids is 2. The van der Waals surface area contributed by atoms with E-state index in [-0.39, 0.29) is 23.5 Å². The van der Waals surface area contributed by atoms with Crippen molar-refractivity contribution in [3.05, 3.63) is 35.6 Å². The molecule has 1 aliphatic heterocycles. The molecule has 1 amide bonds. The van der Waals surface area contributed by atoms with Gasteiger partial charge in [0.05, 0.1) is 11.5 Å². The third-order valence-corrected chi connectivity index (χ3v) is 4.15. The standard InChI is InChI=1S/C15H19FN2O2/c1-10(13(19)11-3-5-12(16)6-4-11)18-8-7-15(2,9-18)14(17)20/h3-6,10H,7-9H2,1-2H3,(H2,17,20). The molecule has 20 heavy (non-hydrogen) atoms. The number of amides is 1. The van der Waals surface area contributed by atoms with Crippen molar-refractivity contribution in [3.8, 4) is 0 Å². The van der Waals surface area contributed by atoms with Crippen molar-refractivity contribution in [2.45, 2.75) is 26.3 Å². The van der Waals surface area contributed by atoms with Gasteiger partial charge in [0.15, 0.2) is 5.78 Å². The largest absolute Gasteiger partial charge is 0.369 e. The van der Waals surface area contributed by atoms with E-state index in [1.54, 1.807) is 6.92 Å². The Labute approximate surface area is 117 Å². The summed E-state index contributed by atoms with van der Waals surface area (Å²) in [4.78, 5) is 25.7. The number of nitrogens with two attached hydrogens (primary N) is 1. The van der Waals surface area contributed by atoms with Crippen LogP contribution >= 0.6 is 0 Å². The van der Waals surface area contributed by atoms with Crippen LogP contribution < -0.4 is 5.73 Å². The fraction of sp³-hybridized carbons (Fsp3) is 0.467. The molecule has 1 aliphatic rings. The summed E-state index contributed by atoms with van der Waals surface area (Å²) < 4.78 is 12.9. The molecule has 0 aliphatic carbocycles. The minimum absolute atomic E-state index is 0.0706. The van der Waals surface area contributed by atoms with Gasteiger partial charge >= 0.3 is 0 Å². The summed E-state index contributed by atoms with van der Waals surface area (Å²) in [5, 5.41) is 0. The smallest absolute Gasteiger partial charge is 0.224 e. The van der Waals surface area contributed by atoms with Crippen molar-refractivity contribution in [1.82, 2.24) is 4.90 Å². The summed E-state index contributed by atoms with van der Waals surface area (Å²) in [6, 6.07) is 5.17. The van der Waals surface area contributed by atoms with Crippen molar-refractivity contribution in [2.75, 3.05) is 13.1 Å². The van der Waals surface area contributed by atoms with Crippen LogP contribution in [0.25, 0.3) is 0 Å². The molecular formula is C15H19FN2O2. The molecule has 4 nitrogen and oxygen atoms in total. The molecule has 2 N–H and O–H groups in total. The van der Waals surface area contributed by atoms with Crippen LogP contribution in [0.5, 0.6) is 0 Å². The molecule has 1 aromatic carbocycles. The second-order valence-electron chi connectivity index (χ2n) is 5.69. The van der Waals surface area contributed by atoms with E-state index in [1.165, 1.54) is 24.3 Å². The molecule has 1 aromatic rings. The molecule has 0 spiro atoms. The molecule has 1 fully saturated rings. The Morgan fingerprint density at radius 2 is 1.95 bits per heavy atom. The second kappa shape index (κ2) is 5.32. The zero-order valence-corrected chi connectivity index (χ0v) is 11.7. The first-order valence-corrected chi connectivity index (χ1v) is 6.67. The van der Waals surface area contributed by atoms with E-state index in [0.29, 0.717) is 25.1 Å². The average Bonchev–Trinajstić information content (AvgIpc) is 2.82. The monoisotopic (exact) mass is 278 g/mol. The lowest BCUT2D eigenvalue weighted by atomic mass is 9.89. The molecule has 0 aromatic heterocycles. The lowest BCUT2D eigenvalue weighted by molar-refractivity contribution is -0.126. The van der Waals surface area contributed by atoms with E-state index in [0.717, 1.165) is 0 Å². The van der Waals surface area contributed by atoms with E-state index in [2.05, 4.69) is 0 Å². The lowest BCUT2D eigenvalue weighted by Gasteiger charge is -2.25. The van der Waals surface area contributed by atoms with Gasteiger partial charge in [0.25, 0.3) is 0 Å². The molecular weight excluding hydrogens is 259 g/mol. The fourth-order valence-electron chi connectivity index (χ4n) is 2.55. The number of ketones is 1. The molecule has 1 heterocycles. The quantitative estimate of drug-likeness (QED) is 0.851. The van der Waals surface area contributed by atoms with E-state index in [9.17, 15) is 14.0 Å². The SMILES string of the molecule is CC(C(=O)c1ccc(F)cc1)N1CCC(C)(C(N)=O)C1. The highest BCUT2D eigenvalue weighted by Gasteiger charge is 2.41. The first-order valence-electron chi connectivity index (χ1n) is 6.67. The first kappa shape index (κ1) is 14.7. The predicted molar refractivity (Wildman–Crippen MR) is 73.7 cm³/mol. The Kier molecular flexibility index (Phi) is 3.90. The number of rotatable bonds is 4. The van der Waals surface area contributed by atoms with Crippen LogP contribution in [0.4, 0.5) is 4.39 Å². The Balaban J connectivity index is 2.09. The summed E-state index contributed by atoms with van der Waals surface area (Å²) in [6.45, 7) is 4.77. The van der Waals surface area contributed by atoms with Crippen molar-refractivity contribution in [2.24, 2.45) is 11.1 Å². The number of halogens is 1. The molecule has 2 unspecified atom stereocenters. The molecule has 2 atom stereocenters. The van der Waals surface area contributed by atoms with E-state index in [4.69, 9.17) is 5.73 Å². The lowest BCUT2D eigenvalue weighted by Crippen LogP contribution is -2.42. The number of benzene rings is 1.